The maximum atomic E-state index is 13.5. The quantitative estimate of drug-likeness (QED) is 0.603. The summed E-state index contributed by atoms with van der Waals surface area (Å²) < 4.78 is 1.51. The fraction of sp³-hybridized carbons (Fsp3) is 0.292. The van der Waals surface area contributed by atoms with Crippen LogP contribution in [0.4, 0.5) is 5.82 Å². The number of aromatic carboxylic acids is 1. The highest BCUT2D eigenvalue weighted by molar-refractivity contribution is 5.90. The molecule has 3 aromatic rings. The van der Waals surface area contributed by atoms with Gasteiger partial charge in [-0.15, -0.1) is 0 Å². The van der Waals surface area contributed by atoms with Crippen molar-refractivity contribution in [3.05, 3.63) is 87.5 Å². The van der Waals surface area contributed by atoms with Gasteiger partial charge < -0.3 is 14.9 Å². The second-order valence-electron chi connectivity index (χ2n) is 7.85. The standard InChI is InChI=1S/C24H28N4O3/c1-17-10-11-20(24(30)31)18(2)21(17)28-13-12-25-22(23(28)29)27(15-14-26(3)4)16-19-8-6-5-7-9-19/h5-13H,14-16H2,1-4H3,(H,30,31). The predicted molar refractivity (Wildman–Crippen MR) is 122 cm³/mol. The Hall–Kier alpha value is -3.45. The first kappa shape index (κ1) is 22.2. The summed E-state index contributed by atoms with van der Waals surface area (Å²) in [6.07, 6.45) is 3.19. The highest BCUT2D eigenvalue weighted by Crippen LogP contribution is 2.22. The number of carboxylic acids is 1. The third kappa shape index (κ3) is 5.00. The van der Waals surface area contributed by atoms with Gasteiger partial charge in [0, 0.05) is 32.0 Å². The van der Waals surface area contributed by atoms with E-state index in [1.165, 1.54) is 4.57 Å². The van der Waals surface area contributed by atoms with Crippen molar-refractivity contribution < 1.29 is 9.90 Å². The molecule has 0 saturated carbocycles. The molecule has 1 heterocycles. The van der Waals surface area contributed by atoms with Crippen LogP contribution in [0.15, 0.2) is 59.7 Å². The molecule has 0 radical (unpaired) electrons. The summed E-state index contributed by atoms with van der Waals surface area (Å²) in [5.74, 6) is -0.675. The molecule has 0 fully saturated rings. The van der Waals surface area contributed by atoms with E-state index in [1.54, 1.807) is 31.5 Å². The Labute approximate surface area is 182 Å². The van der Waals surface area contributed by atoms with Crippen LogP contribution in [0.5, 0.6) is 0 Å². The van der Waals surface area contributed by atoms with Gasteiger partial charge >= 0.3 is 5.97 Å². The molecule has 1 N–H and O–H groups in total. The maximum Gasteiger partial charge on any atom is 0.336 e. The minimum Gasteiger partial charge on any atom is -0.478 e. The minimum absolute atomic E-state index is 0.180. The second kappa shape index (κ2) is 9.57. The lowest BCUT2D eigenvalue weighted by atomic mass is 10.0. The smallest absolute Gasteiger partial charge is 0.336 e. The third-order valence-corrected chi connectivity index (χ3v) is 5.26. The zero-order valence-electron chi connectivity index (χ0n) is 18.4. The van der Waals surface area contributed by atoms with Crippen molar-refractivity contribution in [3.63, 3.8) is 0 Å². The summed E-state index contributed by atoms with van der Waals surface area (Å²) in [6, 6.07) is 13.3. The molecule has 7 heteroatoms. The number of anilines is 1. The number of likely N-dealkylation sites (N-methyl/N-ethyl adjacent to an activating group) is 1. The molecule has 0 amide bonds. The average molecular weight is 421 g/mol. The van der Waals surface area contributed by atoms with Crippen LogP contribution in [0.2, 0.25) is 0 Å². The van der Waals surface area contributed by atoms with Gasteiger partial charge in [0.25, 0.3) is 5.56 Å². The van der Waals surface area contributed by atoms with E-state index in [1.807, 2.05) is 56.3 Å². The van der Waals surface area contributed by atoms with Crippen molar-refractivity contribution in [1.29, 1.82) is 0 Å². The second-order valence-corrected chi connectivity index (χ2v) is 7.85. The highest BCUT2D eigenvalue weighted by atomic mass is 16.4. The normalized spacial score (nSPS) is 11.0. The SMILES string of the molecule is Cc1ccc(C(=O)O)c(C)c1-n1ccnc(N(CCN(C)C)Cc2ccccc2)c1=O. The van der Waals surface area contributed by atoms with Crippen molar-refractivity contribution in [1.82, 2.24) is 14.5 Å². The lowest BCUT2D eigenvalue weighted by molar-refractivity contribution is 0.0696. The van der Waals surface area contributed by atoms with E-state index in [0.717, 1.165) is 17.7 Å². The Bertz CT molecular complexity index is 1120. The summed E-state index contributed by atoms with van der Waals surface area (Å²) >= 11 is 0. The topological polar surface area (TPSA) is 78.7 Å². The summed E-state index contributed by atoms with van der Waals surface area (Å²) in [6.45, 7) is 5.53. The lowest BCUT2D eigenvalue weighted by Gasteiger charge is -2.26. The maximum absolute atomic E-state index is 13.5. The number of aromatic nitrogens is 2. The van der Waals surface area contributed by atoms with Gasteiger partial charge in [0.2, 0.25) is 0 Å². The zero-order chi connectivity index (χ0) is 22.5. The van der Waals surface area contributed by atoms with Crippen LogP contribution in [0.25, 0.3) is 5.69 Å². The van der Waals surface area contributed by atoms with Gasteiger partial charge in [-0.05, 0) is 50.7 Å². The fourth-order valence-electron chi connectivity index (χ4n) is 3.62. The first-order chi connectivity index (χ1) is 14.8. The van der Waals surface area contributed by atoms with Gasteiger partial charge in [0.1, 0.15) is 0 Å². The number of hydrogen-bond donors (Lipinski definition) is 1. The van der Waals surface area contributed by atoms with Crippen LogP contribution in [0, 0.1) is 13.8 Å². The number of carboxylic acid groups (broad SMARTS) is 1. The van der Waals surface area contributed by atoms with Crippen molar-refractivity contribution >= 4 is 11.8 Å². The van der Waals surface area contributed by atoms with E-state index < -0.39 is 5.97 Å². The molecule has 0 aliphatic heterocycles. The average Bonchev–Trinajstić information content (AvgIpc) is 2.73. The third-order valence-electron chi connectivity index (χ3n) is 5.26. The first-order valence-electron chi connectivity index (χ1n) is 10.1. The van der Waals surface area contributed by atoms with E-state index in [2.05, 4.69) is 9.88 Å². The van der Waals surface area contributed by atoms with Crippen molar-refractivity contribution in [2.24, 2.45) is 0 Å². The van der Waals surface area contributed by atoms with Crippen LogP contribution in [-0.4, -0.2) is 52.7 Å². The van der Waals surface area contributed by atoms with Gasteiger partial charge in [-0.2, -0.15) is 0 Å². The lowest BCUT2D eigenvalue weighted by Crippen LogP contribution is -2.37. The number of nitrogens with zero attached hydrogens (tertiary/aromatic N) is 4. The molecule has 0 saturated heterocycles. The van der Waals surface area contributed by atoms with Crippen molar-refractivity contribution in [3.8, 4) is 5.69 Å². The van der Waals surface area contributed by atoms with E-state index in [9.17, 15) is 14.7 Å². The van der Waals surface area contributed by atoms with Crippen LogP contribution in [0.1, 0.15) is 27.0 Å². The largest absolute Gasteiger partial charge is 0.478 e. The number of benzene rings is 2. The molecule has 162 valence electrons. The van der Waals surface area contributed by atoms with E-state index in [4.69, 9.17) is 0 Å². The van der Waals surface area contributed by atoms with Gasteiger partial charge in [-0.3, -0.25) is 9.36 Å². The Morgan fingerprint density at radius 1 is 1.06 bits per heavy atom. The zero-order valence-corrected chi connectivity index (χ0v) is 18.4. The van der Waals surface area contributed by atoms with Crippen LogP contribution < -0.4 is 10.5 Å². The van der Waals surface area contributed by atoms with E-state index in [0.29, 0.717) is 30.2 Å². The van der Waals surface area contributed by atoms with Gasteiger partial charge in [0.15, 0.2) is 5.82 Å². The van der Waals surface area contributed by atoms with E-state index in [-0.39, 0.29) is 11.1 Å². The molecular weight excluding hydrogens is 392 g/mol. The molecule has 0 aliphatic carbocycles. The molecule has 1 aromatic heterocycles. The van der Waals surface area contributed by atoms with Gasteiger partial charge in [0.05, 0.1) is 11.3 Å². The minimum atomic E-state index is -1.02. The number of hydrogen-bond acceptors (Lipinski definition) is 5. The number of rotatable bonds is 8. The van der Waals surface area contributed by atoms with Crippen molar-refractivity contribution in [2.45, 2.75) is 20.4 Å². The molecular formula is C24H28N4O3. The van der Waals surface area contributed by atoms with Crippen LogP contribution in [0.3, 0.4) is 0 Å². The number of carbonyl (C=O) groups is 1. The van der Waals surface area contributed by atoms with Crippen molar-refractivity contribution in [2.75, 3.05) is 32.1 Å². The summed E-state index contributed by atoms with van der Waals surface area (Å²) in [5, 5.41) is 9.51. The Balaban J connectivity index is 2.10. The Kier molecular flexibility index (Phi) is 6.87. The molecule has 2 aromatic carbocycles. The molecule has 0 aliphatic rings. The summed E-state index contributed by atoms with van der Waals surface area (Å²) in [4.78, 5) is 33.6. The summed E-state index contributed by atoms with van der Waals surface area (Å²) in [5.41, 5.74) is 2.95. The summed E-state index contributed by atoms with van der Waals surface area (Å²) in [7, 11) is 3.98. The van der Waals surface area contributed by atoms with Crippen LogP contribution in [-0.2, 0) is 6.54 Å². The molecule has 0 spiro atoms. The molecule has 3 rings (SSSR count). The Morgan fingerprint density at radius 2 is 1.77 bits per heavy atom. The molecule has 7 nitrogen and oxygen atoms in total. The molecule has 31 heavy (non-hydrogen) atoms. The number of aryl methyl sites for hydroxylation is 1. The van der Waals surface area contributed by atoms with Gasteiger partial charge in [-0.1, -0.05) is 36.4 Å². The molecule has 0 bridgehead atoms. The Morgan fingerprint density at radius 3 is 2.42 bits per heavy atom. The van der Waals surface area contributed by atoms with Gasteiger partial charge in [-0.25, -0.2) is 9.78 Å². The molecule has 0 unspecified atom stereocenters. The predicted octanol–water partition coefficient (Wildman–Crippen LogP) is 3.12. The van der Waals surface area contributed by atoms with Crippen LogP contribution >= 0.6 is 0 Å². The fourth-order valence-corrected chi connectivity index (χ4v) is 3.62. The monoisotopic (exact) mass is 420 g/mol. The first-order valence-corrected chi connectivity index (χ1v) is 10.1. The highest BCUT2D eigenvalue weighted by Gasteiger charge is 2.19. The molecule has 0 atom stereocenters. The van der Waals surface area contributed by atoms with E-state index >= 15 is 0 Å².